The van der Waals surface area contributed by atoms with Gasteiger partial charge in [0.15, 0.2) is 0 Å². The lowest BCUT2D eigenvalue weighted by atomic mass is 10.3. The first-order valence-electron chi connectivity index (χ1n) is 7.27. The van der Waals surface area contributed by atoms with Gasteiger partial charge in [-0.2, -0.15) is 4.31 Å². The first kappa shape index (κ1) is 19.1. The van der Waals surface area contributed by atoms with Crippen molar-refractivity contribution in [2.45, 2.75) is 64.6 Å². The summed E-state index contributed by atoms with van der Waals surface area (Å²) in [5, 5.41) is 3.31. The van der Waals surface area contributed by atoms with E-state index >= 15 is 0 Å². The highest BCUT2D eigenvalue weighted by molar-refractivity contribution is 9.11. The maximum absolute atomic E-state index is 12.8. The minimum atomic E-state index is -3.44. The van der Waals surface area contributed by atoms with Crippen LogP contribution in [0.1, 0.15) is 45.9 Å². The third-order valence-corrected chi connectivity index (χ3v) is 7.71. The maximum Gasteiger partial charge on any atom is 0.245 e. The Morgan fingerprint density at radius 2 is 1.95 bits per heavy atom. The third-order valence-electron chi connectivity index (χ3n) is 3.37. The molecule has 0 spiro atoms. The van der Waals surface area contributed by atoms with Gasteiger partial charge in [0.2, 0.25) is 10.0 Å². The quantitative estimate of drug-likeness (QED) is 0.726. The van der Waals surface area contributed by atoms with E-state index < -0.39 is 10.0 Å². The Morgan fingerprint density at radius 3 is 2.43 bits per heavy atom. The highest BCUT2D eigenvalue weighted by atomic mass is 79.9. The number of nitrogens with zero attached hydrogens (tertiary/aromatic N) is 1. The van der Waals surface area contributed by atoms with Gasteiger partial charge in [-0.05, 0) is 35.3 Å². The van der Waals surface area contributed by atoms with Crippen LogP contribution in [0.4, 0.5) is 0 Å². The van der Waals surface area contributed by atoms with Crippen molar-refractivity contribution in [1.82, 2.24) is 9.62 Å². The predicted octanol–water partition coefficient (Wildman–Crippen LogP) is 3.82. The molecule has 0 amide bonds. The van der Waals surface area contributed by atoms with Crippen LogP contribution in [0.2, 0.25) is 0 Å². The summed E-state index contributed by atoms with van der Waals surface area (Å²) in [5.74, 6) is 0. The van der Waals surface area contributed by atoms with Crippen molar-refractivity contribution in [2.24, 2.45) is 0 Å². The van der Waals surface area contributed by atoms with E-state index in [1.165, 1.54) is 11.3 Å². The van der Waals surface area contributed by atoms with Crippen molar-refractivity contribution in [3.8, 4) is 0 Å². The molecule has 1 aromatic heterocycles. The third kappa shape index (κ3) is 4.76. The van der Waals surface area contributed by atoms with Crippen LogP contribution in [0.25, 0.3) is 0 Å². The van der Waals surface area contributed by atoms with Gasteiger partial charge in [-0.3, -0.25) is 0 Å². The van der Waals surface area contributed by atoms with Crippen LogP contribution in [0, 0.1) is 0 Å². The van der Waals surface area contributed by atoms with E-state index in [9.17, 15) is 8.42 Å². The summed E-state index contributed by atoms with van der Waals surface area (Å²) < 4.78 is 27.9. The molecule has 0 radical (unpaired) electrons. The van der Waals surface area contributed by atoms with Gasteiger partial charge in [-0.25, -0.2) is 8.42 Å². The van der Waals surface area contributed by atoms with Crippen LogP contribution in [0.3, 0.4) is 0 Å². The van der Waals surface area contributed by atoms with Crippen molar-refractivity contribution in [3.05, 3.63) is 14.7 Å². The van der Waals surface area contributed by atoms with E-state index in [-0.39, 0.29) is 6.04 Å². The zero-order valence-electron chi connectivity index (χ0n) is 13.3. The molecule has 1 heterocycles. The first-order chi connectivity index (χ1) is 9.73. The number of thiophene rings is 1. The fraction of sp³-hybridized carbons (Fsp3) is 0.714. The average molecular weight is 397 g/mol. The molecule has 0 aliphatic heterocycles. The molecule has 1 rings (SSSR count). The second-order valence-corrected chi connectivity index (χ2v) is 9.67. The van der Waals surface area contributed by atoms with Crippen LogP contribution in [0.15, 0.2) is 14.7 Å². The summed E-state index contributed by atoms with van der Waals surface area (Å²) in [6, 6.07) is 2.16. The molecule has 0 saturated carbocycles. The molecule has 1 unspecified atom stereocenters. The molecular weight excluding hydrogens is 372 g/mol. The number of halogens is 1. The molecule has 0 saturated heterocycles. The molecule has 1 aromatic rings. The number of sulfonamides is 1. The van der Waals surface area contributed by atoms with Crippen LogP contribution >= 0.6 is 27.3 Å². The summed E-state index contributed by atoms with van der Waals surface area (Å²) >= 11 is 4.89. The lowest BCUT2D eigenvalue weighted by Crippen LogP contribution is -2.38. The van der Waals surface area contributed by atoms with E-state index in [0.717, 1.165) is 11.3 Å². The van der Waals surface area contributed by atoms with Gasteiger partial charge in [0.1, 0.15) is 4.90 Å². The minimum absolute atomic E-state index is 0.00374. The second kappa shape index (κ2) is 8.06. The Labute approximate surface area is 141 Å². The molecule has 0 fully saturated rings. The van der Waals surface area contributed by atoms with Crippen molar-refractivity contribution >= 4 is 37.3 Å². The lowest BCUT2D eigenvalue weighted by Gasteiger charge is -2.26. The fourth-order valence-electron chi connectivity index (χ4n) is 2.01. The number of hydrogen-bond donors (Lipinski definition) is 1. The topological polar surface area (TPSA) is 49.4 Å². The molecule has 7 heteroatoms. The Morgan fingerprint density at radius 1 is 1.33 bits per heavy atom. The number of rotatable bonds is 8. The van der Waals surface area contributed by atoms with Gasteiger partial charge in [-0.1, -0.05) is 27.7 Å². The highest BCUT2D eigenvalue weighted by Gasteiger charge is 2.30. The molecule has 1 N–H and O–H groups in total. The number of nitrogens with one attached hydrogen (secondary N) is 1. The van der Waals surface area contributed by atoms with E-state index in [2.05, 4.69) is 35.1 Å². The molecule has 0 aromatic carbocycles. The van der Waals surface area contributed by atoms with Crippen LogP contribution < -0.4 is 5.32 Å². The molecule has 1 atom stereocenters. The highest BCUT2D eigenvalue weighted by Crippen LogP contribution is 2.34. The molecule has 4 nitrogen and oxygen atoms in total. The van der Waals surface area contributed by atoms with Crippen molar-refractivity contribution in [2.75, 3.05) is 6.54 Å². The van der Waals surface area contributed by atoms with Crippen molar-refractivity contribution in [1.29, 1.82) is 0 Å². The molecular formula is C14H25BrN2O2S2. The predicted molar refractivity (Wildman–Crippen MR) is 93.3 cm³/mol. The van der Waals surface area contributed by atoms with Gasteiger partial charge >= 0.3 is 0 Å². The summed E-state index contributed by atoms with van der Waals surface area (Å²) in [6.45, 7) is 11.1. The zero-order chi connectivity index (χ0) is 16.2. The molecule has 122 valence electrons. The molecule has 0 aliphatic rings. The van der Waals surface area contributed by atoms with Crippen molar-refractivity contribution < 1.29 is 8.42 Å². The van der Waals surface area contributed by atoms with E-state index in [0.29, 0.717) is 27.8 Å². The summed E-state index contributed by atoms with van der Waals surface area (Å²) in [6.07, 6.45) is 0.802. The lowest BCUT2D eigenvalue weighted by molar-refractivity contribution is 0.342. The Kier molecular flexibility index (Phi) is 7.33. The Hall–Kier alpha value is 0.0500. The van der Waals surface area contributed by atoms with Crippen LogP contribution in [-0.4, -0.2) is 31.4 Å². The van der Waals surface area contributed by atoms with Gasteiger partial charge in [0, 0.05) is 30.1 Å². The maximum atomic E-state index is 12.8. The van der Waals surface area contributed by atoms with Gasteiger partial charge in [-0.15, -0.1) is 11.3 Å². The number of hydrogen-bond acceptors (Lipinski definition) is 4. The molecule has 0 aliphatic carbocycles. The molecule has 0 bridgehead atoms. The Balaban J connectivity index is 3.08. The van der Waals surface area contributed by atoms with Gasteiger partial charge in [0.25, 0.3) is 0 Å². The first-order valence-corrected chi connectivity index (χ1v) is 10.3. The van der Waals surface area contributed by atoms with E-state index in [1.807, 2.05) is 20.8 Å². The summed E-state index contributed by atoms with van der Waals surface area (Å²) in [4.78, 5) is 1.41. The Bertz CT molecular complexity index is 555. The normalized spacial score (nSPS) is 14.1. The summed E-state index contributed by atoms with van der Waals surface area (Å²) in [7, 11) is -3.44. The monoisotopic (exact) mass is 396 g/mol. The minimum Gasteiger partial charge on any atom is -0.310 e. The van der Waals surface area contributed by atoms with Gasteiger partial charge < -0.3 is 5.32 Å². The fourth-order valence-corrected chi connectivity index (χ4v) is 6.31. The van der Waals surface area contributed by atoms with Crippen LogP contribution in [0.5, 0.6) is 0 Å². The van der Waals surface area contributed by atoms with Crippen LogP contribution in [-0.2, 0) is 16.6 Å². The standard InChI is InChI=1S/C14H25BrN2O2S2/c1-6-11(5)17(7-2)21(18,19)13-8-12(20-14(13)15)9-16-10(3)4/h8,10-11,16H,6-7,9H2,1-5H3. The SMILES string of the molecule is CCC(C)N(CC)S(=O)(=O)c1cc(CNC(C)C)sc1Br. The molecule has 21 heavy (non-hydrogen) atoms. The zero-order valence-corrected chi connectivity index (χ0v) is 16.5. The largest absolute Gasteiger partial charge is 0.310 e. The van der Waals surface area contributed by atoms with E-state index in [4.69, 9.17) is 0 Å². The smallest absolute Gasteiger partial charge is 0.245 e. The van der Waals surface area contributed by atoms with E-state index in [1.54, 1.807) is 10.4 Å². The second-order valence-electron chi connectivity index (χ2n) is 5.35. The summed E-state index contributed by atoms with van der Waals surface area (Å²) in [5.41, 5.74) is 0. The van der Waals surface area contributed by atoms with Crippen molar-refractivity contribution in [3.63, 3.8) is 0 Å². The average Bonchev–Trinajstić information content (AvgIpc) is 2.78. The van der Waals surface area contributed by atoms with Gasteiger partial charge in [0.05, 0.1) is 3.79 Å².